The minimum Gasteiger partial charge on any atom is -0.491 e. The number of benzene rings is 1. The largest absolute Gasteiger partial charge is 0.491 e. The third-order valence-electron chi connectivity index (χ3n) is 2.97. The van der Waals surface area contributed by atoms with Crippen molar-refractivity contribution in [2.45, 2.75) is 18.9 Å². The van der Waals surface area contributed by atoms with E-state index in [1.165, 1.54) is 0 Å². The fourth-order valence-electron chi connectivity index (χ4n) is 1.92. The molecule has 0 amide bonds. The minimum atomic E-state index is -0.467. The van der Waals surface area contributed by atoms with Crippen LogP contribution in [0.15, 0.2) is 24.3 Å². The second-order valence-electron chi connectivity index (χ2n) is 4.31. The quantitative estimate of drug-likeness (QED) is 0.900. The van der Waals surface area contributed by atoms with Crippen LogP contribution in [0.2, 0.25) is 5.02 Å². The summed E-state index contributed by atoms with van der Waals surface area (Å²) in [6.45, 7) is 1.74. The van der Waals surface area contributed by atoms with Gasteiger partial charge in [0.2, 0.25) is 0 Å². The van der Waals surface area contributed by atoms with Crippen LogP contribution in [0.25, 0.3) is 0 Å². The van der Waals surface area contributed by atoms with Gasteiger partial charge < -0.3 is 14.6 Å². The van der Waals surface area contributed by atoms with Gasteiger partial charge in [-0.1, -0.05) is 11.6 Å². The Morgan fingerprint density at radius 2 is 2.18 bits per heavy atom. The topological polar surface area (TPSA) is 38.7 Å². The molecular formula is C13H17ClO3. The van der Waals surface area contributed by atoms with Crippen LogP contribution < -0.4 is 4.74 Å². The van der Waals surface area contributed by atoms with E-state index in [1.807, 2.05) is 0 Å². The number of hydrogen-bond acceptors (Lipinski definition) is 3. The van der Waals surface area contributed by atoms with Crippen molar-refractivity contribution in [3.63, 3.8) is 0 Å². The average molecular weight is 257 g/mol. The molecule has 0 bridgehead atoms. The van der Waals surface area contributed by atoms with Crippen molar-refractivity contribution in [3.8, 4) is 5.75 Å². The summed E-state index contributed by atoms with van der Waals surface area (Å²) in [5.41, 5.74) is 0. The Morgan fingerprint density at radius 3 is 2.82 bits per heavy atom. The lowest BCUT2D eigenvalue weighted by Crippen LogP contribution is -2.33. The number of ether oxygens (including phenoxy) is 2. The first kappa shape index (κ1) is 12.7. The van der Waals surface area contributed by atoms with E-state index in [0.29, 0.717) is 18.2 Å². The van der Waals surface area contributed by atoms with Gasteiger partial charge in [-0.15, -0.1) is 0 Å². The lowest BCUT2D eigenvalue weighted by Gasteiger charge is -2.26. The Labute approximate surface area is 106 Å². The second-order valence-corrected chi connectivity index (χ2v) is 4.75. The standard InChI is InChI=1S/C13H17ClO3/c14-11-3-5-12(6-4-11)17-9-13(15)10-2-1-7-16-8-10/h3-6,10,13,15H,1-2,7-9H2. The van der Waals surface area contributed by atoms with Gasteiger partial charge in [0, 0.05) is 17.5 Å². The predicted molar refractivity (Wildman–Crippen MR) is 66.5 cm³/mol. The third kappa shape index (κ3) is 3.87. The van der Waals surface area contributed by atoms with E-state index in [1.54, 1.807) is 24.3 Å². The summed E-state index contributed by atoms with van der Waals surface area (Å²) in [5, 5.41) is 10.6. The number of aliphatic hydroxyl groups excluding tert-OH is 1. The number of rotatable bonds is 4. The Bertz CT molecular complexity index is 333. The molecule has 3 nitrogen and oxygen atoms in total. The molecule has 0 saturated carbocycles. The molecule has 2 rings (SSSR count). The molecule has 1 aliphatic rings. The van der Waals surface area contributed by atoms with Gasteiger partial charge in [-0.2, -0.15) is 0 Å². The highest BCUT2D eigenvalue weighted by Gasteiger charge is 2.22. The van der Waals surface area contributed by atoms with Gasteiger partial charge >= 0.3 is 0 Å². The predicted octanol–water partition coefficient (Wildman–Crippen LogP) is 2.51. The van der Waals surface area contributed by atoms with E-state index in [-0.39, 0.29) is 5.92 Å². The Morgan fingerprint density at radius 1 is 1.41 bits per heavy atom. The van der Waals surface area contributed by atoms with E-state index in [2.05, 4.69) is 0 Å². The van der Waals surface area contributed by atoms with Crippen molar-refractivity contribution in [2.24, 2.45) is 5.92 Å². The van der Waals surface area contributed by atoms with Crippen LogP contribution in [-0.4, -0.2) is 31.0 Å². The van der Waals surface area contributed by atoms with Crippen LogP contribution in [0.3, 0.4) is 0 Å². The normalized spacial score (nSPS) is 22.1. The van der Waals surface area contributed by atoms with E-state index < -0.39 is 6.10 Å². The molecule has 2 atom stereocenters. The molecule has 1 N–H and O–H groups in total. The maximum atomic E-state index is 9.96. The van der Waals surface area contributed by atoms with Crippen LogP contribution in [0.5, 0.6) is 5.75 Å². The first-order chi connectivity index (χ1) is 8.25. The lowest BCUT2D eigenvalue weighted by molar-refractivity contribution is -0.0255. The molecule has 0 spiro atoms. The molecule has 4 heteroatoms. The van der Waals surface area contributed by atoms with Crippen LogP contribution in [0.4, 0.5) is 0 Å². The summed E-state index contributed by atoms with van der Waals surface area (Å²) >= 11 is 5.77. The third-order valence-corrected chi connectivity index (χ3v) is 3.23. The smallest absolute Gasteiger partial charge is 0.119 e. The van der Waals surface area contributed by atoms with Gasteiger partial charge in [0.1, 0.15) is 12.4 Å². The summed E-state index contributed by atoms with van der Waals surface area (Å²) in [7, 11) is 0. The molecule has 2 unspecified atom stereocenters. The van der Waals surface area contributed by atoms with Gasteiger partial charge in [-0.3, -0.25) is 0 Å². The first-order valence-corrected chi connectivity index (χ1v) is 6.27. The molecule has 17 heavy (non-hydrogen) atoms. The minimum absolute atomic E-state index is 0.191. The number of aliphatic hydroxyl groups is 1. The number of halogens is 1. The SMILES string of the molecule is OC(COc1ccc(Cl)cc1)C1CCCOC1. The van der Waals surface area contributed by atoms with Crippen LogP contribution >= 0.6 is 11.6 Å². The fraction of sp³-hybridized carbons (Fsp3) is 0.538. The number of hydrogen-bond donors (Lipinski definition) is 1. The summed E-state index contributed by atoms with van der Waals surface area (Å²) in [6.07, 6.45) is 1.55. The van der Waals surface area contributed by atoms with Crippen molar-refractivity contribution in [3.05, 3.63) is 29.3 Å². The maximum absolute atomic E-state index is 9.96. The highest BCUT2D eigenvalue weighted by Crippen LogP contribution is 2.20. The Hall–Kier alpha value is -0.770. The molecule has 0 aromatic heterocycles. The molecule has 1 heterocycles. The van der Waals surface area contributed by atoms with E-state index >= 15 is 0 Å². The summed E-state index contributed by atoms with van der Waals surface area (Å²) < 4.78 is 10.8. The van der Waals surface area contributed by atoms with E-state index in [0.717, 1.165) is 25.2 Å². The lowest BCUT2D eigenvalue weighted by atomic mass is 9.96. The molecule has 1 aromatic rings. The van der Waals surface area contributed by atoms with Crippen molar-refractivity contribution < 1.29 is 14.6 Å². The zero-order chi connectivity index (χ0) is 12.1. The monoisotopic (exact) mass is 256 g/mol. The van der Waals surface area contributed by atoms with Crippen molar-refractivity contribution >= 4 is 11.6 Å². The molecule has 1 saturated heterocycles. The Balaban J connectivity index is 1.78. The summed E-state index contributed by atoms with van der Waals surface area (Å²) in [6, 6.07) is 7.14. The van der Waals surface area contributed by atoms with Gasteiger partial charge in [0.05, 0.1) is 12.7 Å². The maximum Gasteiger partial charge on any atom is 0.119 e. The highest BCUT2D eigenvalue weighted by atomic mass is 35.5. The van der Waals surface area contributed by atoms with Crippen molar-refractivity contribution in [1.29, 1.82) is 0 Å². The average Bonchev–Trinajstić information content (AvgIpc) is 2.39. The molecule has 1 aromatic carbocycles. The van der Waals surface area contributed by atoms with Gasteiger partial charge in [0.15, 0.2) is 0 Å². The van der Waals surface area contributed by atoms with Crippen LogP contribution in [-0.2, 0) is 4.74 Å². The van der Waals surface area contributed by atoms with Gasteiger partial charge in [-0.25, -0.2) is 0 Å². The zero-order valence-corrected chi connectivity index (χ0v) is 10.4. The van der Waals surface area contributed by atoms with Crippen LogP contribution in [0, 0.1) is 5.92 Å². The molecule has 1 aliphatic heterocycles. The van der Waals surface area contributed by atoms with Gasteiger partial charge in [-0.05, 0) is 37.1 Å². The van der Waals surface area contributed by atoms with E-state index in [9.17, 15) is 5.11 Å². The zero-order valence-electron chi connectivity index (χ0n) is 9.64. The summed E-state index contributed by atoms with van der Waals surface area (Å²) in [4.78, 5) is 0. The Kier molecular flexibility index (Phi) is 4.66. The first-order valence-electron chi connectivity index (χ1n) is 5.90. The van der Waals surface area contributed by atoms with Crippen molar-refractivity contribution in [1.82, 2.24) is 0 Å². The molecular weight excluding hydrogens is 240 g/mol. The second kappa shape index (κ2) is 6.24. The van der Waals surface area contributed by atoms with E-state index in [4.69, 9.17) is 21.1 Å². The van der Waals surface area contributed by atoms with Crippen LogP contribution in [0.1, 0.15) is 12.8 Å². The molecule has 0 aliphatic carbocycles. The fourth-order valence-corrected chi connectivity index (χ4v) is 2.04. The van der Waals surface area contributed by atoms with Crippen molar-refractivity contribution in [2.75, 3.05) is 19.8 Å². The molecule has 0 radical (unpaired) electrons. The highest BCUT2D eigenvalue weighted by molar-refractivity contribution is 6.30. The van der Waals surface area contributed by atoms with Gasteiger partial charge in [0.25, 0.3) is 0 Å². The summed E-state index contributed by atoms with van der Waals surface area (Å²) in [5.74, 6) is 0.918. The molecule has 94 valence electrons. The molecule has 1 fully saturated rings.